The third-order valence-electron chi connectivity index (χ3n) is 5.85. The van der Waals surface area contributed by atoms with E-state index in [1.807, 2.05) is 38.2 Å². The van der Waals surface area contributed by atoms with Crippen molar-refractivity contribution in [3.63, 3.8) is 0 Å². The van der Waals surface area contributed by atoms with Gasteiger partial charge in [-0.05, 0) is 44.0 Å². The van der Waals surface area contributed by atoms with Gasteiger partial charge >= 0.3 is 11.7 Å². The van der Waals surface area contributed by atoms with Gasteiger partial charge in [-0.3, -0.25) is 13.9 Å². The first-order valence-electron chi connectivity index (χ1n) is 10.3. The van der Waals surface area contributed by atoms with Crippen molar-refractivity contribution in [1.29, 1.82) is 0 Å². The molecule has 0 fully saturated rings. The number of nitrogens with one attached hydrogen (secondary N) is 1. The number of benzene rings is 1. The molecule has 0 aliphatic carbocycles. The molecule has 4 aromatic rings. The summed E-state index contributed by atoms with van der Waals surface area (Å²) in [6.07, 6.45) is 4.92. The molecule has 7 nitrogen and oxygen atoms in total. The van der Waals surface area contributed by atoms with Gasteiger partial charge in [0, 0.05) is 34.9 Å². The monoisotopic (exact) mass is 406 g/mol. The minimum Gasteiger partial charge on any atom is -0.481 e. The lowest BCUT2D eigenvalue weighted by Crippen LogP contribution is -2.30. The molecule has 30 heavy (non-hydrogen) atoms. The quantitative estimate of drug-likeness (QED) is 0.475. The van der Waals surface area contributed by atoms with Gasteiger partial charge in [-0.2, -0.15) is 0 Å². The molecule has 0 aliphatic heterocycles. The van der Waals surface area contributed by atoms with Gasteiger partial charge in [0.2, 0.25) is 0 Å². The predicted octanol–water partition coefficient (Wildman–Crippen LogP) is 4.41. The molecule has 156 valence electrons. The largest absolute Gasteiger partial charge is 0.481 e. The Bertz CT molecular complexity index is 1280. The van der Waals surface area contributed by atoms with Crippen LogP contribution in [0.4, 0.5) is 0 Å². The van der Waals surface area contributed by atoms with Gasteiger partial charge in [0.15, 0.2) is 5.65 Å². The van der Waals surface area contributed by atoms with Crippen LogP contribution in [0.2, 0.25) is 0 Å². The van der Waals surface area contributed by atoms with Gasteiger partial charge in [-0.25, -0.2) is 9.78 Å². The second-order valence-corrected chi connectivity index (χ2v) is 7.83. The lowest BCUT2D eigenvalue weighted by atomic mass is 10.0. The van der Waals surface area contributed by atoms with Crippen LogP contribution in [0.1, 0.15) is 56.3 Å². The molecule has 2 atom stereocenters. The molecule has 0 bridgehead atoms. The van der Waals surface area contributed by atoms with Gasteiger partial charge in [0.25, 0.3) is 0 Å². The molecule has 2 N–H and O–H groups in total. The lowest BCUT2D eigenvalue weighted by molar-refractivity contribution is -0.137. The number of H-pyrrole nitrogens is 1. The zero-order valence-electron chi connectivity index (χ0n) is 17.4. The molecular formula is C23H26N4O3. The Hall–Kier alpha value is -3.35. The number of carboxylic acids is 1. The van der Waals surface area contributed by atoms with Crippen LogP contribution in [0.25, 0.3) is 22.1 Å². The summed E-state index contributed by atoms with van der Waals surface area (Å²) in [5.74, 6) is -0.912. The van der Waals surface area contributed by atoms with Crippen LogP contribution in [-0.2, 0) is 4.79 Å². The number of nitrogens with zero attached hydrogens (tertiary/aromatic N) is 3. The van der Waals surface area contributed by atoms with Crippen LogP contribution in [0, 0.1) is 6.92 Å². The molecule has 0 saturated carbocycles. The van der Waals surface area contributed by atoms with Gasteiger partial charge in [0.05, 0.1) is 18.0 Å². The lowest BCUT2D eigenvalue weighted by Gasteiger charge is -2.16. The Morgan fingerprint density at radius 3 is 2.77 bits per heavy atom. The molecule has 4 rings (SSSR count). The first kappa shape index (κ1) is 19.9. The number of hydrogen-bond donors (Lipinski definition) is 2. The third kappa shape index (κ3) is 3.20. The number of imidazole rings is 1. The summed E-state index contributed by atoms with van der Waals surface area (Å²) in [7, 11) is 0. The molecule has 0 saturated heterocycles. The fourth-order valence-electron chi connectivity index (χ4n) is 4.50. The Labute approximate surface area is 174 Å². The van der Waals surface area contributed by atoms with Crippen molar-refractivity contribution < 1.29 is 9.90 Å². The molecule has 0 aliphatic rings. The normalized spacial score (nSPS) is 13.7. The fraction of sp³-hybridized carbons (Fsp3) is 0.348. The fourth-order valence-corrected chi connectivity index (χ4v) is 4.50. The minimum atomic E-state index is -0.912. The summed E-state index contributed by atoms with van der Waals surface area (Å²) < 4.78 is 3.31. The van der Waals surface area contributed by atoms with Crippen molar-refractivity contribution in [3.8, 4) is 0 Å². The van der Waals surface area contributed by atoms with E-state index in [-0.39, 0.29) is 18.2 Å². The number of aromatic nitrogens is 4. The first-order valence-corrected chi connectivity index (χ1v) is 10.3. The summed E-state index contributed by atoms with van der Waals surface area (Å²) in [5.41, 5.74) is 4.19. The topological polar surface area (TPSA) is 92.9 Å². The van der Waals surface area contributed by atoms with E-state index in [2.05, 4.69) is 23.0 Å². The summed E-state index contributed by atoms with van der Waals surface area (Å²) >= 11 is 0. The highest BCUT2D eigenvalue weighted by molar-refractivity contribution is 5.87. The number of aliphatic carboxylic acids is 1. The van der Waals surface area contributed by atoms with Crippen molar-refractivity contribution >= 4 is 28.0 Å². The number of carboxylic acid groups (broad SMARTS) is 1. The second-order valence-electron chi connectivity index (χ2n) is 7.83. The van der Waals surface area contributed by atoms with E-state index in [4.69, 9.17) is 0 Å². The Kier molecular flexibility index (Phi) is 5.20. The number of carbonyl (C=O) groups is 1. The number of rotatable bonds is 7. The van der Waals surface area contributed by atoms with Crippen molar-refractivity contribution in [1.82, 2.24) is 19.1 Å². The van der Waals surface area contributed by atoms with Crippen molar-refractivity contribution in [2.45, 2.75) is 52.1 Å². The van der Waals surface area contributed by atoms with E-state index >= 15 is 0 Å². The predicted molar refractivity (Wildman–Crippen MR) is 117 cm³/mol. The smallest absolute Gasteiger partial charge is 0.331 e. The zero-order chi connectivity index (χ0) is 21.4. The average molecular weight is 406 g/mol. The van der Waals surface area contributed by atoms with Crippen LogP contribution in [0.15, 0.2) is 47.5 Å². The maximum Gasteiger partial charge on any atom is 0.331 e. The summed E-state index contributed by atoms with van der Waals surface area (Å²) in [6.45, 7) is 6.04. The molecular weight excluding hydrogens is 380 g/mol. The van der Waals surface area contributed by atoms with Crippen molar-refractivity contribution in [2.24, 2.45) is 0 Å². The number of aryl methyl sites for hydroxylation is 1. The van der Waals surface area contributed by atoms with E-state index in [0.717, 1.165) is 28.5 Å². The van der Waals surface area contributed by atoms with Crippen LogP contribution >= 0.6 is 0 Å². The molecule has 3 aromatic heterocycles. The van der Waals surface area contributed by atoms with Gasteiger partial charge < -0.3 is 10.1 Å². The van der Waals surface area contributed by atoms with E-state index in [1.54, 1.807) is 21.4 Å². The molecule has 7 heteroatoms. The molecule has 1 aromatic carbocycles. The maximum absolute atomic E-state index is 13.6. The standard InChI is InChI=1S/C23H26N4O3/c1-4-7-16(12-20(28)29)27-19-10-6-11-24-22(19)26(23(27)30)15(3)17-13-25-18-9-5-8-14(2)21(17)18/h5-6,8-11,13,15-16,25H,4,7,12H2,1-3H3,(H,28,29)/t15-,16?/m0/s1. The van der Waals surface area contributed by atoms with Crippen molar-refractivity contribution in [3.05, 3.63) is 64.3 Å². The van der Waals surface area contributed by atoms with Crippen LogP contribution in [0.3, 0.4) is 0 Å². The number of aromatic amines is 1. The van der Waals surface area contributed by atoms with Crippen LogP contribution in [0.5, 0.6) is 0 Å². The van der Waals surface area contributed by atoms with E-state index in [0.29, 0.717) is 17.6 Å². The first-order chi connectivity index (χ1) is 14.4. The highest BCUT2D eigenvalue weighted by Crippen LogP contribution is 2.31. The Morgan fingerprint density at radius 2 is 2.03 bits per heavy atom. The van der Waals surface area contributed by atoms with Gasteiger partial charge in [-0.1, -0.05) is 25.5 Å². The van der Waals surface area contributed by atoms with E-state index in [1.165, 1.54) is 0 Å². The molecule has 1 unspecified atom stereocenters. The number of hydrogen-bond acceptors (Lipinski definition) is 3. The highest BCUT2D eigenvalue weighted by atomic mass is 16.4. The summed E-state index contributed by atoms with van der Waals surface area (Å²) in [4.78, 5) is 32.9. The van der Waals surface area contributed by atoms with Crippen LogP contribution in [-0.4, -0.2) is 30.2 Å². The molecule has 0 amide bonds. The molecule has 0 spiro atoms. The Morgan fingerprint density at radius 1 is 1.23 bits per heavy atom. The Balaban J connectivity index is 1.94. The van der Waals surface area contributed by atoms with E-state index in [9.17, 15) is 14.7 Å². The number of pyridine rings is 1. The zero-order valence-corrected chi connectivity index (χ0v) is 17.4. The molecule has 0 radical (unpaired) electrons. The second kappa shape index (κ2) is 7.82. The van der Waals surface area contributed by atoms with Gasteiger partial charge in [-0.15, -0.1) is 0 Å². The third-order valence-corrected chi connectivity index (χ3v) is 5.85. The summed E-state index contributed by atoms with van der Waals surface area (Å²) in [6, 6.07) is 9.03. The average Bonchev–Trinajstić information content (AvgIpc) is 3.26. The summed E-state index contributed by atoms with van der Waals surface area (Å²) in [5, 5.41) is 10.5. The van der Waals surface area contributed by atoms with E-state index < -0.39 is 12.0 Å². The van der Waals surface area contributed by atoms with Crippen LogP contribution < -0.4 is 5.69 Å². The SMILES string of the molecule is CCCC(CC(=O)O)n1c(=O)n([C@@H](C)c2c[nH]c3cccc(C)c23)c2ncccc21. The maximum atomic E-state index is 13.6. The minimum absolute atomic E-state index is 0.0949. The highest BCUT2D eigenvalue weighted by Gasteiger charge is 2.26. The van der Waals surface area contributed by atoms with Crippen molar-refractivity contribution in [2.75, 3.05) is 0 Å². The van der Waals surface area contributed by atoms with Gasteiger partial charge in [0.1, 0.15) is 0 Å². The number of fused-ring (bicyclic) bond motifs is 2. The molecule has 3 heterocycles.